The molecule has 8 heteroatoms. The molecule has 1 rings (SSSR count). The molecule has 0 heterocycles. The van der Waals surface area contributed by atoms with Crippen molar-refractivity contribution in [3.63, 3.8) is 0 Å². The van der Waals surface area contributed by atoms with E-state index in [1.807, 2.05) is 0 Å². The lowest BCUT2D eigenvalue weighted by Gasteiger charge is -2.16. The third kappa shape index (κ3) is 6.65. The number of Topliss-reactive ketones (excluding diaryl/α,β-unsaturated/α-hetero) is 2. The molecule has 0 aromatic rings. The predicted octanol–water partition coefficient (Wildman–Crippen LogP) is 4.09. The van der Waals surface area contributed by atoms with E-state index in [2.05, 4.69) is 6.92 Å². The van der Waals surface area contributed by atoms with Crippen molar-refractivity contribution in [1.82, 2.24) is 0 Å². The van der Waals surface area contributed by atoms with Gasteiger partial charge in [-0.3, -0.25) is 9.59 Å². The Balaban J connectivity index is 2.50. The minimum Gasteiger partial charge on any atom is -0.489 e. The van der Waals surface area contributed by atoms with Crippen LogP contribution in [-0.2, 0) is 28.7 Å². The number of carbonyl (C=O) groups is 2. The van der Waals surface area contributed by atoms with Crippen LogP contribution in [0.1, 0.15) is 72.1 Å². The van der Waals surface area contributed by atoms with Gasteiger partial charge in [-0.25, -0.2) is 0 Å². The fourth-order valence-corrected chi connectivity index (χ4v) is 2.92. The monoisotopic (exact) mass is 398 g/mol. The van der Waals surface area contributed by atoms with Gasteiger partial charge >= 0.3 is 5.09 Å². The summed E-state index contributed by atoms with van der Waals surface area (Å²) in [7, 11) is 2.49. The number of unbranched alkanes of at least 4 members (excludes halogenated alkanes) is 6. The molecule has 0 aliphatic heterocycles. The molecule has 1 aliphatic rings. The van der Waals surface area contributed by atoms with Gasteiger partial charge in [0.2, 0.25) is 17.3 Å². The highest BCUT2D eigenvalue weighted by molar-refractivity contribution is 6.22. The molecule has 1 atom stereocenters. The summed E-state index contributed by atoms with van der Waals surface area (Å²) in [5.41, 5.74) is -0.0492. The van der Waals surface area contributed by atoms with Crippen LogP contribution >= 0.6 is 0 Å². The molecule has 28 heavy (non-hydrogen) atoms. The molecule has 0 N–H and O–H groups in total. The number of hydrogen-bond acceptors (Lipinski definition) is 7. The lowest BCUT2D eigenvalue weighted by molar-refractivity contribution is -0.977. The molecule has 0 saturated carbocycles. The molecule has 1 aliphatic carbocycles. The molecule has 0 aromatic carbocycles. The van der Waals surface area contributed by atoms with Crippen LogP contribution in [0.25, 0.3) is 0 Å². The number of methoxy groups -OCH3 is 2. The fourth-order valence-electron chi connectivity index (χ4n) is 2.92. The van der Waals surface area contributed by atoms with Crippen LogP contribution in [-0.4, -0.2) is 37.0 Å². The Bertz CT molecular complexity index is 636. The summed E-state index contributed by atoms with van der Waals surface area (Å²) in [4.78, 5) is 46.7. The van der Waals surface area contributed by atoms with E-state index in [0.717, 1.165) is 12.8 Å². The molecule has 158 valence electrons. The van der Waals surface area contributed by atoms with Crippen molar-refractivity contribution < 1.29 is 33.8 Å². The van der Waals surface area contributed by atoms with Gasteiger partial charge in [-0.2, -0.15) is 4.84 Å². The Labute approximate surface area is 166 Å². The zero-order valence-electron chi connectivity index (χ0n) is 17.5. The number of ketones is 2. The molecule has 0 amide bonds. The minimum atomic E-state index is -0.749. The summed E-state index contributed by atoms with van der Waals surface area (Å²) in [6.07, 6.45) is 8.47. The van der Waals surface area contributed by atoms with Crippen LogP contribution in [0.5, 0.6) is 0 Å². The summed E-state index contributed by atoms with van der Waals surface area (Å²) in [6, 6.07) is 0. The average molecular weight is 398 g/mol. The van der Waals surface area contributed by atoms with Crippen molar-refractivity contribution in [1.29, 1.82) is 0 Å². The Morgan fingerprint density at radius 1 is 0.857 bits per heavy atom. The molecule has 0 bridgehead atoms. The maximum absolute atomic E-state index is 12.4. The van der Waals surface area contributed by atoms with Crippen LogP contribution < -0.4 is 0 Å². The third-order valence-corrected chi connectivity index (χ3v) is 4.56. The highest BCUT2D eigenvalue weighted by atomic mass is 17.0. The smallest absolute Gasteiger partial charge is 0.483 e. The quantitative estimate of drug-likeness (QED) is 0.247. The molecule has 8 nitrogen and oxygen atoms in total. The Hall–Kier alpha value is -2.38. The second kappa shape index (κ2) is 12.2. The van der Waals surface area contributed by atoms with Gasteiger partial charge in [-0.05, 0) is 26.7 Å². The van der Waals surface area contributed by atoms with Crippen LogP contribution in [0.3, 0.4) is 0 Å². The van der Waals surface area contributed by atoms with E-state index in [0.29, 0.717) is 6.42 Å². The van der Waals surface area contributed by atoms with E-state index >= 15 is 0 Å². The molecule has 0 saturated heterocycles. The van der Waals surface area contributed by atoms with E-state index in [4.69, 9.17) is 19.1 Å². The predicted molar refractivity (Wildman–Crippen MR) is 102 cm³/mol. The van der Waals surface area contributed by atoms with Gasteiger partial charge in [0.05, 0.1) is 19.8 Å². The molecule has 0 spiro atoms. The van der Waals surface area contributed by atoms with Crippen molar-refractivity contribution in [2.75, 3.05) is 14.2 Å². The standard InChI is InChI=1S/C20H32NO7/c1-6-7-8-9-10-11-12-13-14(2)27-21(24)28-18-15(3)16(22)19(25-4)20(26-5)17(18)23/h14H,6-13H2,1-5H3/q+1. The van der Waals surface area contributed by atoms with Crippen molar-refractivity contribution in [2.45, 2.75) is 78.2 Å². The minimum absolute atomic E-state index is 0.0492. The highest BCUT2D eigenvalue weighted by Crippen LogP contribution is 2.26. The van der Waals surface area contributed by atoms with Gasteiger partial charge in [0.15, 0.2) is 6.10 Å². The molecule has 0 fully saturated rings. The van der Waals surface area contributed by atoms with Crippen LogP contribution in [0.4, 0.5) is 0 Å². The topological polar surface area (TPSA) is 91.1 Å². The van der Waals surface area contributed by atoms with Crippen molar-refractivity contribution in [2.24, 2.45) is 0 Å². The largest absolute Gasteiger partial charge is 0.489 e. The van der Waals surface area contributed by atoms with Crippen LogP contribution in [0.15, 0.2) is 22.9 Å². The zero-order valence-corrected chi connectivity index (χ0v) is 17.5. The van der Waals surface area contributed by atoms with Crippen LogP contribution in [0, 0.1) is 4.91 Å². The van der Waals surface area contributed by atoms with Gasteiger partial charge < -0.3 is 9.47 Å². The third-order valence-electron chi connectivity index (χ3n) is 4.56. The fraction of sp³-hybridized carbons (Fsp3) is 0.700. The van der Waals surface area contributed by atoms with Gasteiger partial charge in [0.25, 0.3) is 11.5 Å². The number of carbonyl (C=O) groups excluding carboxylic acids is 2. The van der Waals surface area contributed by atoms with E-state index in [9.17, 15) is 14.5 Å². The number of nitrogens with zero attached hydrogens (tertiary/aromatic N) is 1. The van der Waals surface area contributed by atoms with E-state index in [1.165, 1.54) is 53.2 Å². The first-order valence-corrected chi connectivity index (χ1v) is 9.81. The maximum Gasteiger partial charge on any atom is 0.483 e. The number of allylic oxidation sites excluding steroid dienone is 1. The average Bonchev–Trinajstić information content (AvgIpc) is 2.67. The maximum atomic E-state index is 12.4. The summed E-state index contributed by atoms with van der Waals surface area (Å²) in [5.74, 6) is -2.29. The number of ether oxygens (including phenoxy) is 2. The first-order chi connectivity index (χ1) is 13.4. The number of rotatable bonds is 14. The SMILES string of the molecule is CCCCCCCCCC(C)O[N+](=O)OC1=C(C)C(=O)C(OC)=C(OC)C1=O. The normalized spacial score (nSPS) is 15.6. The van der Waals surface area contributed by atoms with E-state index in [1.54, 1.807) is 6.92 Å². The summed E-state index contributed by atoms with van der Waals surface area (Å²) >= 11 is 0. The first-order valence-electron chi connectivity index (χ1n) is 9.81. The highest BCUT2D eigenvalue weighted by Gasteiger charge is 2.40. The second-order valence-corrected chi connectivity index (χ2v) is 6.82. The van der Waals surface area contributed by atoms with Gasteiger partial charge in [0, 0.05) is 0 Å². The van der Waals surface area contributed by atoms with Crippen LogP contribution in [0.2, 0.25) is 0 Å². The first kappa shape index (κ1) is 23.7. The number of hydrogen-bond donors (Lipinski definition) is 0. The molecule has 1 unspecified atom stereocenters. The van der Waals surface area contributed by atoms with Crippen molar-refractivity contribution >= 4 is 11.6 Å². The lowest BCUT2D eigenvalue weighted by atomic mass is 10.00. The van der Waals surface area contributed by atoms with Gasteiger partial charge in [0.1, 0.15) is 4.91 Å². The Morgan fingerprint density at radius 2 is 1.39 bits per heavy atom. The molecule has 0 aromatic heterocycles. The Kier molecular flexibility index (Phi) is 10.3. The molecular weight excluding hydrogens is 366 g/mol. The summed E-state index contributed by atoms with van der Waals surface area (Å²) in [6.45, 7) is 5.31. The van der Waals surface area contributed by atoms with E-state index in [-0.39, 0.29) is 28.3 Å². The molecular formula is C20H32NO7+. The lowest BCUT2D eigenvalue weighted by Crippen LogP contribution is -2.29. The molecule has 0 radical (unpaired) electrons. The second-order valence-electron chi connectivity index (χ2n) is 6.82. The summed E-state index contributed by atoms with van der Waals surface area (Å²) < 4.78 is 9.85. The van der Waals surface area contributed by atoms with E-state index < -0.39 is 17.3 Å². The van der Waals surface area contributed by atoms with Gasteiger partial charge in [-0.15, -0.1) is 4.84 Å². The van der Waals surface area contributed by atoms with Crippen molar-refractivity contribution in [3.05, 3.63) is 27.8 Å². The summed E-state index contributed by atoms with van der Waals surface area (Å²) in [5, 5.41) is -0.124. The Morgan fingerprint density at radius 3 is 1.96 bits per heavy atom. The van der Waals surface area contributed by atoms with Gasteiger partial charge in [-0.1, -0.05) is 45.4 Å². The van der Waals surface area contributed by atoms with Crippen molar-refractivity contribution in [3.8, 4) is 0 Å². The zero-order chi connectivity index (χ0) is 21.1.